The van der Waals surface area contributed by atoms with E-state index >= 15 is 0 Å². The number of ketones is 1. The van der Waals surface area contributed by atoms with Gasteiger partial charge in [0, 0.05) is 42.2 Å². The summed E-state index contributed by atoms with van der Waals surface area (Å²) in [6.07, 6.45) is 6.15. The highest BCUT2D eigenvalue weighted by Gasteiger charge is 2.30. The molecular weight excluding hydrogens is 488 g/mol. The summed E-state index contributed by atoms with van der Waals surface area (Å²) in [6, 6.07) is 17.2. The van der Waals surface area contributed by atoms with Crippen molar-refractivity contribution in [3.8, 4) is 11.3 Å². The Hall–Kier alpha value is -2.41. The summed E-state index contributed by atoms with van der Waals surface area (Å²) < 4.78 is 1.05. The van der Waals surface area contributed by atoms with Gasteiger partial charge in [-0.15, -0.1) is 0 Å². The third-order valence-corrected chi connectivity index (χ3v) is 7.33. The first-order chi connectivity index (χ1) is 16.5. The Morgan fingerprint density at radius 3 is 2.62 bits per heavy atom. The molecule has 3 aliphatic rings. The third kappa shape index (κ3) is 5.62. The van der Waals surface area contributed by atoms with Crippen LogP contribution < -0.4 is 0 Å². The predicted molar refractivity (Wildman–Crippen MR) is 138 cm³/mol. The van der Waals surface area contributed by atoms with Crippen molar-refractivity contribution in [2.24, 2.45) is 0 Å². The van der Waals surface area contributed by atoms with Gasteiger partial charge < -0.3 is 4.90 Å². The number of rotatable bonds is 0. The fourth-order valence-corrected chi connectivity index (χ4v) is 5.80. The average molecular weight is 519 g/mol. The molecule has 176 valence electrons. The topological polar surface area (TPSA) is 49.3 Å². The molecule has 3 aromatic rings. The summed E-state index contributed by atoms with van der Waals surface area (Å²) in [7, 11) is 2.13. The van der Waals surface area contributed by atoms with E-state index in [0.717, 1.165) is 67.0 Å². The maximum atomic E-state index is 13.1. The molecule has 0 amide bonds. The number of carbonyl (C=O) groups is 1. The molecule has 0 spiro atoms. The van der Waals surface area contributed by atoms with Crippen molar-refractivity contribution in [1.82, 2.24) is 19.8 Å². The lowest BCUT2D eigenvalue weighted by molar-refractivity contribution is -0.123. The number of nitrogens with zero attached hydrogens (tertiary/aromatic N) is 4. The predicted octanol–water partition coefficient (Wildman–Crippen LogP) is 5.26. The largest absolute Gasteiger partial charge is 0.302 e. The average Bonchev–Trinajstić information content (AvgIpc) is 3.27. The molecule has 1 aromatic heterocycles. The quantitative estimate of drug-likeness (QED) is 0.406. The maximum Gasteiger partial charge on any atom is 0.150 e. The highest BCUT2D eigenvalue weighted by molar-refractivity contribution is 9.10. The standard InChI is InChI=1S/C28H31BrN4O/c1-32-12-3-5-27(34)26-4-2-13-33(26)19-22-14-21(15-24(29)16-22)17-28-30-11-10-25(31-28)23-8-6-20(18-32)7-9-23/h6-11,14-16,26H,2-5,12-13,17-19H2,1H3/t26-/m0/s1. The van der Waals surface area contributed by atoms with Gasteiger partial charge in [0.1, 0.15) is 11.6 Å². The van der Waals surface area contributed by atoms with Crippen LogP contribution >= 0.6 is 15.9 Å². The normalized spacial score (nSPS) is 20.3. The Morgan fingerprint density at radius 2 is 1.76 bits per heavy atom. The van der Waals surface area contributed by atoms with Crippen molar-refractivity contribution >= 4 is 21.7 Å². The SMILES string of the molecule is CN1CCCC(=O)[C@@H]2CCCN2Cc2cc(Br)cc(c2)Cc2nccc(n2)-c2ccc(cc2)C1. The Kier molecular flexibility index (Phi) is 7.18. The van der Waals surface area contributed by atoms with E-state index in [9.17, 15) is 4.79 Å². The number of aromatic nitrogens is 2. The first-order valence-electron chi connectivity index (χ1n) is 12.2. The number of hydrogen-bond acceptors (Lipinski definition) is 5. The van der Waals surface area contributed by atoms with Crippen molar-refractivity contribution in [3.05, 3.63) is 81.7 Å². The summed E-state index contributed by atoms with van der Waals surface area (Å²) >= 11 is 3.69. The van der Waals surface area contributed by atoms with Gasteiger partial charge in [-0.25, -0.2) is 9.97 Å². The lowest BCUT2D eigenvalue weighted by atomic mass is 10.0. The third-order valence-electron chi connectivity index (χ3n) is 6.87. The fraction of sp³-hybridized carbons (Fsp3) is 0.393. The molecule has 1 atom stereocenters. The van der Waals surface area contributed by atoms with Crippen LogP contribution in [0.15, 0.2) is 59.2 Å². The van der Waals surface area contributed by atoms with E-state index in [4.69, 9.17) is 4.98 Å². The summed E-state index contributed by atoms with van der Waals surface area (Å²) in [5.41, 5.74) is 5.73. The smallest absolute Gasteiger partial charge is 0.150 e. The molecule has 4 heterocycles. The second-order valence-corrected chi connectivity index (χ2v) is 10.6. The highest BCUT2D eigenvalue weighted by atomic mass is 79.9. The molecule has 0 N–H and O–H groups in total. The fourth-order valence-electron chi connectivity index (χ4n) is 5.21. The molecular formula is C28H31BrN4O. The number of benzene rings is 2. The van der Waals surface area contributed by atoms with Gasteiger partial charge in [-0.1, -0.05) is 46.3 Å². The van der Waals surface area contributed by atoms with Crippen molar-refractivity contribution in [2.75, 3.05) is 20.1 Å². The van der Waals surface area contributed by atoms with Crippen LogP contribution in [0.3, 0.4) is 0 Å². The van der Waals surface area contributed by atoms with Gasteiger partial charge in [0.15, 0.2) is 0 Å². The lowest BCUT2D eigenvalue weighted by Gasteiger charge is -2.24. The molecule has 2 aromatic carbocycles. The van der Waals surface area contributed by atoms with Gasteiger partial charge in [-0.3, -0.25) is 9.69 Å². The monoisotopic (exact) mass is 518 g/mol. The summed E-state index contributed by atoms with van der Waals surface area (Å²) in [6.45, 7) is 3.58. The van der Waals surface area contributed by atoms with Crippen LogP contribution in [-0.2, 0) is 24.3 Å². The minimum atomic E-state index is 0.0471. The first kappa shape index (κ1) is 23.3. The van der Waals surface area contributed by atoms with Crippen LogP contribution in [0.2, 0.25) is 0 Å². The van der Waals surface area contributed by atoms with E-state index in [1.165, 1.54) is 16.7 Å². The van der Waals surface area contributed by atoms with Crippen LogP contribution in [0.4, 0.5) is 0 Å². The van der Waals surface area contributed by atoms with Gasteiger partial charge in [0.05, 0.1) is 11.7 Å². The van der Waals surface area contributed by atoms with Gasteiger partial charge >= 0.3 is 0 Å². The molecule has 6 heteroatoms. The highest BCUT2D eigenvalue weighted by Crippen LogP contribution is 2.26. The second-order valence-electron chi connectivity index (χ2n) is 9.64. The number of hydrogen-bond donors (Lipinski definition) is 0. The van der Waals surface area contributed by atoms with E-state index in [0.29, 0.717) is 18.6 Å². The minimum Gasteiger partial charge on any atom is -0.302 e. The van der Waals surface area contributed by atoms with E-state index in [-0.39, 0.29) is 6.04 Å². The summed E-state index contributed by atoms with van der Waals surface area (Å²) in [5.74, 6) is 1.21. The number of carbonyl (C=O) groups excluding carboxylic acids is 1. The van der Waals surface area contributed by atoms with Gasteiger partial charge in [-0.2, -0.15) is 0 Å². The van der Waals surface area contributed by atoms with Crippen LogP contribution in [0.25, 0.3) is 11.3 Å². The number of fused-ring (bicyclic) bond motifs is 7. The van der Waals surface area contributed by atoms with Crippen molar-refractivity contribution in [1.29, 1.82) is 0 Å². The van der Waals surface area contributed by atoms with Crippen LogP contribution in [0.5, 0.6) is 0 Å². The summed E-state index contributed by atoms with van der Waals surface area (Å²) in [4.78, 5) is 27.2. The molecule has 1 saturated heterocycles. The summed E-state index contributed by atoms with van der Waals surface area (Å²) in [5, 5.41) is 0. The molecule has 1 fully saturated rings. The molecule has 5 nitrogen and oxygen atoms in total. The van der Waals surface area contributed by atoms with Gasteiger partial charge in [0.2, 0.25) is 0 Å². The van der Waals surface area contributed by atoms with Crippen molar-refractivity contribution in [3.63, 3.8) is 0 Å². The van der Waals surface area contributed by atoms with E-state index in [1.54, 1.807) is 0 Å². The molecule has 6 rings (SSSR count). The molecule has 3 aliphatic heterocycles. The van der Waals surface area contributed by atoms with E-state index in [1.807, 2.05) is 12.3 Å². The Balaban J connectivity index is 1.47. The van der Waals surface area contributed by atoms with Crippen molar-refractivity contribution in [2.45, 2.75) is 51.2 Å². The van der Waals surface area contributed by atoms with E-state index < -0.39 is 0 Å². The Bertz CT molecular complexity index is 1160. The zero-order chi connectivity index (χ0) is 23.5. The molecule has 0 aliphatic carbocycles. The molecule has 34 heavy (non-hydrogen) atoms. The van der Waals surface area contributed by atoms with Crippen LogP contribution in [0, 0.1) is 0 Å². The van der Waals surface area contributed by atoms with E-state index in [2.05, 4.69) is 80.2 Å². The second kappa shape index (κ2) is 10.5. The minimum absolute atomic E-state index is 0.0471. The lowest BCUT2D eigenvalue weighted by Crippen LogP contribution is -2.36. The van der Waals surface area contributed by atoms with Crippen LogP contribution in [-0.4, -0.2) is 51.7 Å². The zero-order valence-electron chi connectivity index (χ0n) is 19.7. The number of Topliss-reactive ketones (excluding diaryl/α,β-unsaturated/α-hetero) is 1. The Labute approximate surface area is 210 Å². The molecule has 6 bridgehead atoms. The molecule has 0 saturated carbocycles. The van der Waals surface area contributed by atoms with Crippen molar-refractivity contribution < 1.29 is 4.79 Å². The van der Waals surface area contributed by atoms with Gasteiger partial charge in [-0.05, 0) is 74.3 Å². The zero-order valence-corrected chi connectivity index (χ0v) is 21.3. The first-order valence-corrected chi connectivity index (χ1v) is 13.0. The maximum absolute atomic E-state index is 13.1. The van der Waals surface area contributed by atoms with Gasteiger partial charge in [0.25, 0.3) is 0 Å². The van der Waals surface area contributed by atoms with Crippen LogP contribution in [0.1, 0.15) is 48.2 Å². The molecule has 0 unspecified atom stereocenters. The Morgan fingerprint density at radius 1 is 0.941 bits per heavy atom. The number of halogens is 1. The molecule has 0 radical (unpaired) electrons.